The van der Waals surface area contributed by atoms with Gasteiger partial charge in [-0.3, -0.25) is 0 Å². The van der Waals surface area contributed by atoms with Gasteiger partial charge in [-0.05, 0) is 38.0 Å². The van der Waals surface area contributed by atoms with Crippen LogP contribution in [-0.2, 0) is 4.74 Å². The second-order valence-corrected chi connectivity index (χ2v) is 5.13. The molecule has 0 aliphatic carbocycles. The standard InChI is InChI=1S/C14H13ClN4O/c1-9-7-10(8-16)18-19(9)14-11(4-5-13(15)17-14)12-3-2-6-20-12/h4-5,7,12H,2-3,6H2,1H3. The number of rotatable bonds is 2. The minimum Gasteiger partial charge on any atom is -0.373 e. The number of hydrogen-bond donors (Lipinski definition) is 0. The van der Waals surface area contributed by atoms with E-state index in [-0.39, 0.29) is 6.10 Å². The fourth-order valence-electron chi connectivity index (χ4n) is 2.42. The van der Waals surface area contributed by atoms with Crippen molar-refractivity contribution in [1.82, 2.24) is 14.8 Å². The van der Waals surface area contributed by atoms with Crippen LogP contribution in [0.1, 0.15) is 35.9 Å². The van der Waals surface area contributed by atoms with Gasteiger partial charge in [0.25, 0.3) is 0 Å². The molecular weight excluding hydrogens is 276 g/mol. The minimum atomic E-state index is 0.0175. The summed E-state index contributed by atoms with van der Waals surface area (Å²) in [6.45, 7) is 2.64. The van der Waals surface area contributed by atoms with Gasteiger partial charge in [0.2, 0.25) is 0 Å². The van der Waals surface area contributed by atoms with E-state index in [9.17, 15) is 0 Å². The predicted molar refractivity (Wildman–Crippen MR) is 73.7 cm³/mol. The fraction of sp³-hybridized carbons (Fsp3) is 0.357. The summed E-state index contributed by atoms with van der Waals surface area (Å²) in [5.41, 5.74) is 2.17. The molecule has 2 aromatic heterocycles. The molecule has 20 heavy (non-hydrogen) atoms. The zero-order valence-corrected chi connectivity index (χ0v) is 11.8. The normalized spacial score (nSPS) is 18.1. The SMILES string of the molecule is Cc1cc(C#N)nn1-c1nc(Cl)ccc1C1CCCO1. The lowest BCUT2D eigenvalue weighted by Crippen LogP contribution is -2.09. The van der Waals surface area contributed by atoms with Crippen molar-refractivity contribution in [3.63, 3.8) is 0 Å². The summed E-state index contributed by atoms with van der Waals surface area (Å²) in [5.74, 6) is 0.642. The third kappa shape index (κ3) is 2.28. The van der Waals surface area contributed by atoms with Crippen molar-refractivity contribution in [2.75, 3.05) is 6.61 Å². The van der Waals surface area contributed by atoms with Gasteiger partial charge in [0.1, 0.15) is 11.2 Å². The molecule has 2 aromatic rings. The first kappa shape index (κ1) is 13.1. The first-order valence-electron chi connectivity index (χ1n) is 6.44. The maximum absolute atomic E-state index is 8.96. The van der Waals surface area contributed by atoms with Gasteiger partial charge in [-0.2, -0.15) is 10.4 Å². The van der Waals surface area contributed by atoms with Gasteiger partial charge >= 0.3 is 0 Å². The van der Waals surface area contributed by atoms with Gasteiger partial charge in [-0.15, -0.1) is 0 Å². The highest BCUT2D eigenvalue weighted by atomic mass is 35.5. The molecule has 0 bridgehead atoms. The molecule has 1 aliphatic heterocycles. The molecule has 0 aromatic carbocycles. The number of halogens is 1. The van der Waals surface area contributed by atoms with E-state index in [2.05, 4.69) is 10.1 Å². The van der Waals surface area contributed by atoms with Crippen molar-refractivity contribution in [3.05, 3.63) is 40.3 Å². The molecule has 6 heteroatoms. The molecule has 0 saturated carbocycles. The quantitative estimate of drug-likeness (QED) is 0.797. The van der Waals surface area contributed by atoms with E-state index in [1.54, 1.807) is 16.8 Å². The molecule has 0 spiro atoms. The molecule has 0 radical (unpaired) electrons. The zero-order valence-electron chi connectivity index (χ0n) is 11.0. The second kappa shape index (κ2) is 5.23. The molecule has 1 saturated heterocycles. The van der Waals surface area contributed by atoms with Crippen molar-refractivity contribution in [1.29, 1.82) is 5.26 Å². The third-order valence-electron chi connectivity index (χ3n) is 3.35. The molecule has 1 atom stereocenters. The van der Waals surface area contributed by atoms with Gasteiger partial charge in [-0.1, -0.05) is 11.6 Å². The second-order valence-electron chi connectivity index (χ2n) is 4.74. The highest BCUT2D eigenvalue weighted by Gasteiger charge is 2.23. The molecule has 3 rings (SSSR count). The van der Waals surface area contributed by atoms with Crippen LogP contribution in [0.3, 0.4) is 0 Å². The Balaban J connectivity index is 2.13. The lowest BCUT2D eigenvalue weighted by atomic mass is 10.1. The first-order chi connectivity index (χ1) is 9.69. The van der Waals surface area contributed by atoms with Crippen LogP contribution in [-0.4, -0.2) is 21.4 Å². The van der Waals surface area contributed by atoms with Crippen LogP contribution < -0.4 is 0 Å². The number of hydrogen-bond acceptors (Lipinski definition) is 4. The number of aryl methyl sites for hydroxylation is 1. The van der Waals surface area contributed by atoms with Crippen LogP contribution in [0.4, 0.5) is 0 Å². The molecule has 0 N–H and O–H groups in total. The van der Waals surface area contributed by atoms with Crippen LogP contribution in [0, 0.1) is 18.3 Å². The maximum Gasteiger partial charge on any atom is 0.163 e. The molecule has 3 heterocycles. The van der Waals surface area contributed by atoms with E-state index in [1.807, 2.05) is 19.1 Å². The zero-order chi connectivity index (χ0) is 14.1. The Labute approximate surface area is 121 Å². The molecule has 1 aliphatic rings. The predicted octanol–water partition coefficient (Wildman–Crippen LogP) is 2.95. The van der Waals surface area contributed by atoms with E-state index < -0.39 is 0 Å². The summed E-state index contributed by atoms with van der Waals surface area (Å²) in [5, 5.41) is 13.6. The van der Waals surface area contributed by atoms with E-state index in [0.29, 0.717) is 16.7 Å². The van der Waals surface area contributed by atoms with Gasteiger partial charge in [0.05, 0.1) is 6.10 Å². The van der Waals surface area contributed by atoms with E-state index >= 15 is 0 Å². The van der Waals surface area contributed by atoms with Crippen molar-refractivity contribution in [3.8, 4) is 11.9 Å². The highest BCUT2D eigenvalue weighted by molar-refractivity contribution is 6.29. The summed E-state index contributed by atoms with van der Waals surface area (Å²) in [4.78, 5) is 4.37. The molecular formula is C14H13ClN4O. The number of nitrogens with zero attached hydrogens (tertiary/aromatic N) is 4. The molecule has 1 fully saturated rings. The molecule has 5 nitrogen and oxygen atoms in total. The summed E-state index contributed by atoms with van der Waals surface area (Å²) in [7, 11) is 0. The topological polar surface area (TPSA) is 63.7 Å². The van der Waals surface area contributed by atoms with Crippen molar-refractivity contribution < 1.29 is 4.74 Å². The number of nitriles is 1. The van der Waals surface area contributed by atoms with Gasteiger partial charge in [0, 0.05) is 17.9 Å². The van der Waals surface area contributed by atoms with Crippen LogP contribution in [0.2, 0.25) is 5.15 Å². The Kier molecular flexibility index (Phi) is 3.43. The van der Waals surface area contributed by atoms with Crippen molar-refractivity contribution >= 4 is 11.6 Å². The van der Waals surface area contributed by atoms with Crippen LogP contribution in [0.15, 0.2) is 18.2 Å². The Bertz CT molecular complexity index is 683. The molecule has 102 valence electrons. The van der Waals surface area contributed by atoms with Gasteiger partial charge in [-0.25, -0.2) is 9.67 Å². The average Bonchev–Trinajstić information content (AvgIpc) is 3.07. The number of ether oxygens (including phenoxy) is 1. The van der Waals surface area contributed by atoms with E-state index in [0.717, 1.165) is 30.7 Å². The summed E-state index contributed by atoms with van der Waals surface area (Å²) < 4.78 is 7.38. The van der Waals surface area contributed by atoms with Crippen molar-refractivity contribution in [2.24, 2.45) is 0 Å². The smallest absolute Gasteiger partial charge is 0.163 e. The number of aromatic nitrogens is 3. The Morgan fingerprint density at radius 2 is 2.35 bits per heavy atom. The summed E-state index contributed by atoms with van der Waals surface area (Å²) in [6, 6.07) is 7.44. The largest absolute Gasteiger partial charge is 0.373 e. The highest BCUT2D eigenvalue weighted by Crippen LogP contribution is 2.32. The van der Waals surface area contributed by atoms with Crippen molar-refractivity contribution in [2.45, 2.75) is 25.9 Å². The lowest BCUT2D eigenvalue weighted by molar-refractivity contribution is 0.111. The monoisotopic (exact) mass is 288 g/mol. The molecule has 1 unspecified atom stereocenters. The van der Waals surface area contributed by atoms with Crippen LogP contribution in [0.25, 0.3) is 5.82 Å². The van der Waals surface area contributed by atoms with Gasteiger partial charge in [0.15, 0.2) is 11.5 Å². The Hall–Kier alpha value is -1.90. The Morgan fingerprint density at radius 3 is 3.00 bits per heavy atom. The first-order valence-corrected chi connectivity index (χ1v) is 6.82. The lowest BCUT2D eigenvalue weighted by Gasteiger charge is -2.15. The van der Waals surface area contributed by atoms with E-state index in [4.69, 9.17) is 21.6 Å². The third-order valence-corrected chi connectivity index (χ3v) is 3.56. The van der Waals surface area contributed by atoms with Gasteiger partial charge < -0.3 is 4.74 Å². The number of pyridine rings is 1. The maximum atomic E-state index is 8.96. The van der Waals surface area contributed by atoms with E-state index in [1.165, 1.54) is 0 Å². The minimum absolute atomic E-state index is 0.0175. The fourth-order valence-corrected chi connectivity index (χ4v) is 2.57. The summed E-state index contributed by atoms with van der Waals surface area (Å²) in [6.07, 6.45) is 2.01. The Morgan fingerprint density at radius 1 is 1.50 bits per heavy atom. The molecule has 0 amide bonds. The average molecular weight is 289 g/mol. The van der Waals surface area contributed by atoms with Crippen LogP contribution in [0.5, 0.6) is 0 Å². The van der Waals surface area contributed by atoms with Crippen LogP contribution >= 0.6 is 11.6 Å². The summed E-state index contributed by atoms with van der Waals surface area (Å²) >= 11 is 6.01.